The van der Waals surface area contributed by atoms with E-state index >= 15 is 0 Å². The van der Waals surface area contributed by atoms with Gasteiger partial charge in [-0.1, -0.05) is 11.6 Å². The number of aromatic hydroxyl groups is 1. The van der Waals surface area contributed by atoms with Crippen molar-refractivity contribution in [3.63, 3.8) is 0 Å². The molecule has 5 nitrogen and oxygen atoms in total. The lowest BCUT2D eigenvalue weighted by molar-refractivity contribution is -0.137. The number of phenolic OH excluding ortho intramolecular Hbond substituents is 1. The van der Waals surface area contributed by atoms with Gasteiger partial charge >= 0.3 is 5.97 Å². The fraction of sp³-hybridized carbons (Fsp3) is 0.273. The molecule has 0 aliphatic heterocycles. The number of hydrogen-bond acceptors (Lipinski definition) is 3. The molecule has 0 saturated heterocycles. The van der Waals surface area contributed by atoms with Crippen LogP contribution in [0.4, 0.5) is 0 Å². The van der Waals surface area contributed by atoms with Crippen molar-refractivity contribution in [2.45, 2.75) is 19.4 Å². The number of hydrogen-bond donors (Lipinski definition) is 3. The van der Waals surface area contributed by atoms with Gasteiger partial charge in [0.05, 0.1) is 17.0 Å². The number of aliphatic carboxylic acids is 1. The van der Waals surface area contributed by atoms with Crippen LogP contribution in [-0.4, -0.2) is 28.1 Å². The normalized spacial score (nSPS) is 11.9. The fourth-order valence-electron chi connectivity index (χ4n) is 1.30. The van der Waals surface area contributed by atoms with E-state index in [1.54, 1.807) is 6.92 Å². The Morgan fingerprint density at radius 2 is 2.12 bits per heavy atom. The molecule has 0 fully saturated rings. The number of nitrogens with one attached hydrogen (secondary N) is 1. The summed E-state index contributed by atoms with van der Waals surface area (Å²) in [5.74, 6) is -1.59. The first-order valence-electron chi connectivity index (χ1n) is 4.91. The fourth-order valence-corrected chi connectivity index (χ4v) is 1.51. The van der Waals surface area contributed by atoms with Gasteiger partial charge in [-0.15, -0.1) is 0 Å². The van der Waals surface area contributed by atoms with E-state index in [2.05, 4.69) is 5.32 Å². The number of carboxylic acid groups (broad SMARTS) is 1. The third-order valence-electron chi connectivity index (χ3n) is 2.05. The van der Waals surface area contributed by atoms with Crippen LogP contribution in [0.15, 0.2) is 18.2 Å². The van der Waals surface area contributed by atoms with Gasteiger partial charge in [-0.2, -0.15) is 0 Å². The van der Waals surface area contributed by atoms with Crippen LogP contribution in [0.25, 0.3) is 0 Å². The largest absolute Gasteiger partial charge is 0.508 e. The van der Waals surface area contributed by atoms with Crippen molar-refractivity contribution in [1.82, 2.24) is 5.32 Å². The van der Waals surface area contributed by atoms with Gasteiger partial charge in [0, 0.05) is 6.04 Å². The Bertz CT molecular complexity index is 447. The van der Waals surface area contributed by atoms with Gasteiger partial charge in [-0.25, -0.2) is 0 Å². The SMILES string of the molecule is CC(CC(=O)O)NC(=O)c1cc(O)ccc1Cl. The van der Waals surface area contributed by atoms with Crippen LogP contribution in [0.5, 0.6) is 5.75 Å². The monoisotopic (exact) mass is 257 g/mol. The summed E-state index contributed by atoms with van der Waals surface area (Å²) in [6, 6.07) is 3.47. The second kappa shape index (κ2) is 5.54. The van der Waals surface area contributed by atoms with Gasteiger partial charge in [-0.05, 0) is 25.1 Å². The van der Waals surface area contributed by atoms with Crippen molar-refractivity contribution >= 4 is 23.5 Å². The number of carboxylic acids is 1. The van der Waals surface area contributed by atoms with E-state index in [4.69, 9.17) is 16.7 Å². The van der Waals surface area contributed by atoms with E-state index in [1.165, 1.54) is 18.2 Å². The summed E-state index contributed by atoms with van der Waals surface area (Å²) in [4.78, 5) is 22.1. The summed E-state index contributed by atoms with van der Waals surface area (Å²) < 4.78 is 0. The van der Waals surface area contributed by atoms with E-state index in [9.17, 15) is 14.7 Å². The Labute approximate surface area is 103 Å². The zero-order valence-corrected chi connectivity index (χ0v) is 9.86. The molecule has 0 aromatic heterocycles. The molecule has 0 bridgehead atoms. The molecule has 0 radical (unpaired) electrons. The average molecular weight is 258 g/mol. The minimum Gasteiger partial charge on any atom is -0.508 e. The summed E-state index contributed by atoms with van der Waals surface area (Å²) in [5.41, 5.74) is 0.115. The zero-order chi connectivity index (χ0) is 13.0. The smallest absolute Gasteiger partial charge is 0.305 e. The minimum atomic E-state index is -1.00. The maximum absolute atomic E-state index is 11.7. The summed E-state index contributed by atoms with van der Waals surface area (Å²) in [5, 5.41) is 20.5. The van der Waals surface area contributed by atoms with Crippen LogP contribution in [-0.2, 0) is 4.79 Å². The highest BCUT2D eigenvalue weighted by molar-refractivity contribution is 6.33. The van der Waals surface area contributed by atoms with Crippen molar-refractivity contribution in [3.8, 4) is 5.75 Å². The molecule has 0 aliphatic rings. The number of amides is 1. The van der Waals surface area contributed by atoms with E-state index in [-0.39, 0.29) is 22.8 Å². The molecule has 1 aromatic rings. The number of carbonyl (C=O) groups excluding carboxylic acids is 1. The van der Waals surface area contributed by atoms with Gasteiger partial charge < -0.3 is 15.5 Å². The van der Waals surface area contributed by atoms with E-state index in [1.807, 2.05) is 0 Å². The van der Waals surface area contributed by atoms with Gasteiger partial charge in [0.1, 0.15) is 5.75 Å². The maximum atomic E-state index is 11.7. The molecular weight excluding hydrogens is 246 g/mol. The molecule has 17 heavy (non-hydrogen) atoms. The Morgan fingerprint density at radius 1 is 1.47 bits per heavy atom. The third-order valence-corrected chi connectivity index (χ3v) is 2.38. The second-order valence-corrected chi connectivity index (χ2v) is 4.04. The first-order chi connectivity index (χ1) is 7.90. The molecule has 1 unspecified atom stereocenters. The number of carbonyl (C=O) groups is 2. The summed E-state index contributed by atoms with van der Waals surface area (Å²) >= 11 is 5.79. The molecule has 1 atom stereocenters. The first kappa shape index (κ1) is 13.3. The van der Waals surface area contributed by atoms with Gasteiger partial charge in [0.25, 0.3) is 5.91 Å². The summed E-state index contributed by atoms with van der Waals surface area (Å²) in [7, 11) is 0. The summed E-state index contributed by atoms with van der Waals surface area (Å²) in [6.07, 6.45) is -0.178. The van der Waals surface area contributed by atoms with E-state index in [0.717, 1.165) is 0 Å². The predicted molar refractivity (Wildman–Crippen MR) is 62.3 cm³/mol. The van der Waals surface area contributed by atoms with E-state index in [0.29, 0.717) is 0 Å². The number of phenols is 1. The molecule has 92 valence electrons. The van der Waals surface area contributed by atoms with Crippen molar-refractivity contribution in [3.05, 3.63) is 28.8 Å². The predicted octanol–water partition coefficient (Wildman–Crippen LogP) is 1.64. The lowest BCUT2D eigenvalue weighted by Crippen LogP contribution is -2.34. The van der Waals surface area contributed by atoms with Crippen molar-refractivity contribution in [2.75, 3.05) is 0 Å². The van der Waals surface area contributed by atoms with Gasteiger partial charge in [0.2, 0.25) is 0 Å². The number of rotatable bonds is 4. The molecule has 1 aromatic carbocycles. The molecule has 0 aliphatic carbocycles. The van der Waals surface area contributed by atoms with Crippen LogP contribution < -0.4 is 5.32 Å². The zero-order valence-electron chi connectivity index (χ0n) is 9.11. The van der Waals surface area contributed by atoms with Crippen LogP contribution in [0.1, 0.15) is 23.7 Å². The molecule has 0 heterocycles. The minimum absolute atomic E-state index is 0.0783. The van der Waals surface area contributed by atoms with Crippen LogP contribution in [0.3, 0.4) is 0 Å². The molecule has 6 heteroatoms. The quantitative estimate of drug-likeness (QED) is 0.765. The third kappa shape index (κ3) is 3.96. The number of benzene rings is 1. The molecule has 1 amide bonds. The molecule has 0 saturated carbocycles. The molecule has 3 N–H and O–H groups in total. The highest BCUT2D eigenvalue weighted by Gasteiger charge is 2.15. The first-order valence-corrected chi connectivity index (χ1v) is 5.29. The lowest BCUT2D eigenvalue weighted by atomic mass is 10.1. The highest BCUT2D eigenvalue weighted by Crippen LogP contribution is 2.21. The van der Waals surface area contributed by atoms with Crippen molar-refractivity contribution < 1.29 is 19.8 Å². The summed E-state index contributed by atoms with van der Waals surface area (Å²) in [6.45, 7) is 1.57. The van der Waals surface area contributed by atoms with Crippen LogP contribution in [0.2, 0.25) is 5.02 Å². The Kier molecular flexibility index (Phi) is 4.34. The van der Waals surface area contributed by atoms with E-state index < -0.39 is 17.9 Å². The molecule has 0 spiro atoms. The Hall–Kier alpha value is -1.75. The van der Waals surface area contributed by atoms with Crippen molar-refractivity contribution in [1.29, 1.82) is 0 Å². The van der Waals surface area contributed by atoms with Gasteiger partial charge in [-0.3, -0.25) is 9.59 Å². The van der Waals surface area contributed by atoms with Gasteiger partial charge in [0.15, 0.2) is 0 Å². The second-order valence-electron chi connectivity index (χ2n) is 3.64. The standard InChI is InChI=1S/C11H12ClNO4/c1-6(4-10(15)16)13-11(17)8-5-7(14)2-3-9(8)12/h2-3,5-6,14H,4H2,1H3,(H,13,17)(H,15,16). The Morgan fingerprint density at radius 3 is 2.71 bits per heavy atom. The Balaban J connectivity index is 2.76. The number of halogens is 1. The highest BCUT2D eigenvalue weighted by atomic mass is 35.5. The lowest BCUT2D eigenvalue weighted by Gasteiger charge is -2.12. The van der Waals surface area contributed by atoms with Crippen molar-refractivity contribution in [2.24, 2.45) is 0 Å². The maximum Gasteiger partial charge on any atom is 0.305 e. The topological polar surface area (TPSA) is 86.6 Å². The van der Waals surface area contributed by atoms with Crippen LogP contribution >= 0.6 is 11.6 Å². The molecular formula is C11H12ClNO4. The average Bonchev–Trinajstić information content (AvgIpc) is 2.20. The van der Waals surface area contributed by atoms with Crippen LogP contribution in [0, 0.1) is 0 Å². The molecule has 1 rings (SSSR count).